The largest absolute Gasteiger partial charge is 0.271 e. The summed E-state index contributed by atoms with van der Waals surface area (Å²) >= 11 is 1.67. The second kappa shape index (κ2) is 4.86. The van der Waals surface area contributed by atoms with E-state index in [0.717, 1.165) is 16.5 Å². The smallest absolute Gasteiger partial charge is 0.0724 e. The Morgan fingerprint density at radius 2 is 2.11 bits per heavy atom. The highest BCUT2D eigenvalue weighted by Gasteiger charge is 2.15. The maximum absolute atomic E-state index is 5.72. The van der Waals surface area contributed by atoms with Gasteiger partial charge < -0.3 is 0 Å². The van der Waals surface area contributed by atoms with Gasteiger partial charge in [-0.05, 0) is 40.1 Å². The molecule has 18 heavy (non-hydrogen) atoms. The summed E-state index contributed by atoms with van der Waals surface area (Å²) in [5, 5.41) is 5.30. The zero-order valence-electron chi connectivity index (χ0n) is 9.71. The molecule has 0 aliphatic carbocycles. The quantitative estimate of drug-likeness (QED) is 0.559. The van der Waals surface area contributed by atoms with Crippen LogP contribution in [0.2, 0.25) is 0 Å². The fourth-order valence-corrected chi connectivity index (χ4v) is 2.87. The van der Waals surface area contributed by atoms with E-state index in [-0.39, 0.29) is 6.04 Å². The Morgan fingerprint density at radius 3 is 2.89 bits per heavy atom. The second-order valence-corrected chi connectivity index (χ2v) is 4.85. The lowest BCUT2D eigenvalue weighted by molar-refractivity contribution is 0.643. The lowest BCUT2D eigenvalue weighted by atomic mass is 9.97. The van der Waals surface area contributed by atoms with Gasteiger partial charge in [0.1, 0.15) is 0 Å². The fourth-order valence-electron chi connectivity index (χ4n) is 2.18. The van der Waals surface area contributed by atoms with Gasteiger partial charge in [-0.15, -0.1) is 0 Å². The number of hydrazine groups is 1. The molecule has 0 spiro atoms. The molecule has 4 heteroatoms. The minimum atomic E-state index is 0.00384. The van der Waals surface area contributed by atoms with Crippen LogP contribution in [0, 0.1) is 0 Å². The van der Waals surface area contributed by atoms with E-state index < -0.39 is 0 Å². The van der Waals surface area contributed by atoms with E-state index in [2.05, 4.69) is 39.4 Å². The topological polar surface area (TPSA) is 50.9 Å². The standard InChI is InChI=1S/C14H13N3S/c15-17-14(10-6-8-18-9-10)12-3-1-5-13-11(12)4-2-7-16-13/h1-9,14,17H,15H2. The zero-order valence-corrected chi connectivity index (χ0v) is 10.5. The van der Waals surface area contributed by atoms with Crippen molar-refractivity contribution in [1.29, 1.82) is 0 Å². The Balaban J connectivity index is 2.18. The van der Waals surface area contributed by atoms with Crippen LogP contribution in [0.15, 0.2) is 53.4 Å². The minimum Gasteiger partial charge on any atom is -0.271 e. The highest BCUT2D eigenvalue weighted by molar-refractivity contribution is 7.08. The van der Waals surface area contributed by atoms with Crippen LogP contribution in [-0.4, -0.2) is 4.98 Å². The van der Waals surface area contributed by atoms with Crippen molar-refractivity contribution in [1.82, 2.24) is 10.4 Å². The highest BCUT2D eigenvalue weighted by atomic mass is 32.1. The third-order valence-corrected chi connectivity index (χ3v) is 3.74. The average Bonchev–Trinajstić information content (AvgIpc) is 2.94. The third kappa shape index (κ3) is 1.90. The summed E-state index contributed by atoms with van der Waals surface area (Å²) in [6, 6.07) is 12.2. The number of rotatable bonds is 3. The van der Waals surface area contributed by atoms with Crippen LogP contribution >= 0.6 is 11.3 Å². The van der Waals surface area contributed by atoms with Crippen LogP contribution in [0.4, 0.5) is 0 Å². The number of thiophene rings is 1. The van der Waals surface area contributed by atoms with Crippen LogP contribution in [0.3, 0.4) is 0 Å². The van der Waals surface area contributed by atoms with E-state index in [1.165, 1.54) is 5.56 Å². The van der Waals surface area contributed by atoms with Crippen LogP contribution in [0.1, 0.15) is 17.2 Å². The first kappa shape index (κ1) is 11.3. The summed E-state index contributed by atoms with van der Waals surface area (Å²) in [6.45, 7) is 0. The highest BCUT2D eigenvalue weighted by Crippen LogP contribution is 2.28. The van der Waals surface area contributed by atoms with E-state index in [9.17, 15) is 0 Å². The van der Waals surface area contributed by atoms with Gasteiger partial charge in [-0.3, -0.25) is 10.8 Å². The summed E-state index contributed by atoms with van der Waals surface area (Å²) in [5.74, 6) is 5.72. The Hall–Kier alpha value is -1.75. The first-order chi connectivity index (χ1) is 8.90. The van der Waals surface area contributed by atoms with Gasteiger partial charge in [0.05, 0.1) is 11.6 Å². The number of nitrogens with two attached hydrogens (primary N) is 1. The molecule has 0 aliphatic heterocycles. The molecular weight excluding hydrogens is 242 g/mol. The van der Waals surface area contributed by atoms with Crippen molar-refractivity contribution in [2.24, 2.45) is 5.84 Å². The number of nitrogens with one attached hydrogen (secondary N) is 1. The normalized spacial score (nSPS) is 12.7. The van der Waals surface area contributed by atoms with E-state index >= 15 is 0 Å². The van der Waals surface area contributed by atoms with Crippen molar-refractivity contribution >= 4 is 22.2 Å². The molecule has 2 heterocycles. The van der Waals surface area contributed by atoms with Crippen LogP contribution < -0.4 is 11.3 Å². The number of hydrogen-bond acceptors (Lipinski definition) is 4. The average molecular weight is 255 g/mol. The third-order valence-electron chi connectivity index (χ3n) is 3.03. The second-order valence-electron chi connectivity index (χ2n) is 4.07. The summed E-state index contributed by atoms with van der Waals surface area (Å²) < 4.78 is 0. The Bertz CT molecular complexity index is 644. The molecule has 1 unspecified atom stereocenters. The first-order valence-electron chi connectivity index (χ1n) is 5.72. The van der Waals surface area contributed by atoms with Gasteiger partial charge in [0, 0.05) is 11.6 Å². The SMILES string of the molecule is NNC(c1ccsc1)c1cccc2ncccc12. The zero-order chi connectivity index (χ0) is 12.4. The molecule has 90 valence electrons. The molecular formula is C14H13N3S. The summed E-state index contributed by atoms with van der Waals surface area (Å²) in [4.78, 5) is 4.37. The number of pyridine rings is 1. The first-order valence-corrected chi connectivity index (χ1v) is 6.66. The molecule has 3 nitrogen and oxygen atoms in total. The molecule has 2 aromatic heterocycles. The molecule has 0 fully saturated rings. The molecule has 3 rings (SSSR count). The van der Waals surface area contributed by atoms with Gasteiger partial charge in [-0.2, -0.15) is 11.3 Å². The number of benzene rings is 1. The van der Waals surface area contributed by atoms with Crippen molar-refractivity contribution < 1.29 is 0 Å². The number of hydrogen-bond donors (Lipinski definition) is 2. The lowest BCUT2D eigenvalue weighted by Crippen LogP contribution is -2.28. The summed E-state index contributed by atoms with van der Waals surface area (Å²) in [6.07, 6.45) is 1.81. The molecule has 1 atom stereocenters. The lowest BCUT2D eigenvalue weighted by Gasteiger charge is -2.17. The van der Waals surface area contributed by atoms with Crippen molar-refractivity contribution in [2.45, 2.75) is 6.04 Å². The van der Waals surface area contributed by atoms with Crippen molar-refractivity contribution in [3.8, 4) is 0 Å². The molecule has 0 aliphatic rings. The van der Waals surface area contributed by atoms with Gasteiger partial charge in [0.25, 0.3) is 0 Å². The number of aromatic nitrogens is 1. The van der Waals surface area contributed by atoms with E-state index in [1.54, 1.807) is 11.3 Å². The minimum absolute atomic E-state index is 0.00384. The van der Waals surface area contributed by atoms with E-state index in [0.29, 0.717) is 0 Å². The predicted molar refractivity (Wildman–Crippen MR) is 75.2 cm³/mol. The Morgan fingerprint density at radius 1 is 1.17 bits per heavy atom. The molecule has 3 N–H and O–H groups in total. The van der Waals surface area contributed by atoms with Gasteiger partial charge in [0.15, 0.2) is 0 Å². The van der Waals surface area contributed by atoms with Gasteiger partial charge >= 0.3 is 0 Å². The van der Waals surface area contributed by atoms with E-state index in [4.69, 9.17) is 5.84 Å². The molecule has 0 saturated carbocycles. The fraction of sp³-hybridized carbons (Fsp3) is 0.0714. The van der Waals surface area contributed by atoms with Gasteiger partial charge in [0.2, 0.25) is 0 Å². The summed E-state index contributed by atoms with van der Waals surface area (Å²) in [5.41, 5.74) is 6.22. The van der Waals surface area contributed by atoms with Crippen LogP contribution in [0.25, 0.3) is 10.9 Å². The predicted octanol–water partition coefficient (Wildman–Crippen LogP) is 2.85. The van der Waals surface area contributed by atoms with Crippen LogP contribution in [0.5, 0.6) is 0 Å². The van der Waals surface area contributed by atoms with Crippen molar-refractivity contribution in [2.75, 3.05) is 0 Å². The molecule has 1 aromatic carbocycles. The number of nitrogens with zero attached hydrogens (tertiary/aromatic N) is 1. The van der Waals surface area contributed by atoms with Gasteiger partial charge in [-0.25, -0.2) is 5.43 Å². The van der Waals surface area contributed by atoms with Crippen LogP contribution in [-0.2, 0) is 0 Å². The van der Waals surface area contributed by atoms with Gasteiger partial charge in [-0.1, -0.05) is 18.2 Å². The Kier molecular flexibility index (Phi) is 3.06. The maximum atomic E-state index is 5.72. The molecule has 0 bridgehead atoms. The molecule has 0 amide bonds. The monoisotopic (exact) mass is 255 g/mol. The van der Waals surface area contributed by atoms with Crippen molar-refractivity contribution in [3.63, 3.8) is 0 Å². The van der Waals surface area contributed by atoms with Crippen molar-refractivity contribution in [3.05, 3.63) is 64.5 Å². The Labute approximate surface area is 109 Å². The number of fused-ring (bicyclic) bond motifs is 1. The molecule has 3 aromatic rings. The molecule has 0 radical (unpaired) electrons. The van der Waals surface area contributed by atoms with E-state index in [1.807, 2.05) is 24.4 Å². The summed E-state index contributed by atoms with van der Waals surface area (Å²) in [7, 11) is 0. The maximum Gasteiger partial charge on any atom is 0.0724 e. The molecule has 0 saturated heterocycles.